The van der Waals surface area contributed by atoms with Gasteiger partial charge in [-0.15, -0.1) is 0 Å². The largest absolute Gasteiger partial charge is 0.324 e. The highest BCUT2D eigenvalue weighted by Crippen LogP contribution is 2.26. The third-order valence-corrected chi connectivity index (χ3v) is 2.74. The molecule has 0 saturated carbocycles. The summed E-state index contributed by atoms with van der Waals surface area (Å²) in [5, 5.41) is 0. The predicted octanol–water partition coefficient (Wildman–Crippen LogP) is 2.37. The van der Waals surface area contributed by atoms with Gasteiger partial charge in [-0.2, -0.15) is 4.98 Å². The highest BCUT2D eigenvalue weighted by Gasteiger charge is 2.15. The molecule has 0 saturated heterocycles. The lowest BCUT2D eigenvalue weighted by atomic mass is 10.2. The van der Waals surface area contributed by atoms with Gasteiger partial charge in [0.15, 0.2) is 11.6 Å². The van der Waals surface area contributed by atoms with Gasteiger partial charge in [-0.1, -0.05) is 12.1 Å². The average Bonchev–Trinajstić information content (AvgIpc) is 2.42. The van der Waals surface area contributed by atoms with Crippen molar-refractivity contribution in [3.05, 3.63) is 41.8 Å². The Morgan fingerprint density at radius 2 is 2.21 bits per heavy atom. The Hall–Kier alpha value is -2.21. The Balaban J connectivity index is 2.47. The molecular formula is C13H16FN5. The molecule has 0 aliphatic heterocycles. The van der Waals surface area contributed by atoms with E-state index in [4.69, 9.17) is 5.84 Å². The predicted molar refractivity (Wildman–Crippen MR) is 73.7 cm³/mol. The minimum Gasteiger partial charge on any atom is -0.324 e. The zero-order chi connectivity index (χ0) is 13.8. The minimum atomic E-state index is -0.484. The van der Waals surface area contributed by atoms with Crippen LogP contribution in [0.4, 0.5) is 21.8 Å². The van der Waals surface area contributed by atoms with Crippen LogP contribution in [0.1, 0.15) is 12.5 Å². The summed E-state index contributed by atoms with van der Waals surface area (Å²) < 4.78 is 13.9. The number of nitrogens with two attached hydrogens (primary N) is 1. The number of benzene rings is 1. The number of hydrogen-bond acceptors (Lipinski definition) is 5. The van der Waals surface area contributed by atoms with Gasteiger partial charge in [0, 0.05) is 12.2 Å². The maximum Gasteiger partial charge on any atom is 0.239 e. The number of halogens is 1. The molecule has 3 N–H and O–H groups in total. The second kappa shape index (κ2) is 5.62. The molecule has 0 unspecified atom stereocenters. The lowest BCUT2D eigenvalue weighted by Gasteiger charge is -2.23. The SMILES string of the molecule is CCN(c1cccc(C)c1)c1nc(NN)ncc1F. The summed E-state index contributed by atoms with van der Waals surface area (Å²) in [7, 11) is 0. The second-order valence-corrected chi connectivity index (χ2v) is 4.09. The minimum absolute atomic E-state index is 0.183. The first-order valence-electron chi connectivity index (χ1n) is 5.99. The molecule has 2 aromatic rings. The normalized spacial score (nSPS) is 10.3. The topological polar surface area (TPSA) is 67.1 Å². The van der Waals surface area contributed by atoms with E-state index in [-0.39, 0.29) is 11.8 Å². The fourth-order valence-corrected chi connectivity index (χ4v) is 1.87. The first kappa shape index (κ1) is 13.2. The maximum atomic E-state index is 13.9. The van der Waals surface area contributed by atoms with E-state index >= 15 is 0 Å². The number of nitrogens with zero attached hydrogens (tertiary/aromatic N) is 3. The zero-order valence-corrected chi connectivity index (χ0v) is 10.9. The summed E-state index contributed by atoms with van der Waals surface area (Å²) >= 11 is 0. The zero-order valence-electron chi connectivity index (χ0n) is 10.9. The molecule has 0 atom stereocenters. The van der Waals surface area contributed by atoms with E-state index < -0.39 is 5.82 Å². The molecule has 19 heavy (non-hydrogen) atoms. The number of nitrogen functional groups attached to an aromatic ring is 1. The van der Waals surface area contributed by atoms with E-state index in [9.17, 15) is 4.39 Å². The van der Waals surface area contributed by atoms with Gasteiger partial charge in [0.2, 0.25) is 5.95 Å². The van der Waals surface area contributed by atoms with E-state index in [1.807, 2.05) is 38.1 Å². The van der Waals surface area contributed by atoms with Crippen LogP contribution in [-0.4, -0.2) is 16.5 Å². The van der Waals surface area contributed by atoms with Crippen molar-refractivity contribution in [1.82, 2.24) is 9.97 Å². The summed E-state index contributed by atoms with van der Waals surface area (Å²) in [5.74, 6) is 5.16. The smallest absolute Gasteiger partial charge is 0.239 e. The molecule has 1 aromatic carbocycles. The van der Waals surface area contributed by atoms with Crippen molar-refractivity contribution in [2.24, 2.45) is 5.84 Å². The number of rotatable bonds is 4. The van der Waals surface area contributed by atoms with Gasteiger partial charge in [0.25, 0.3) is 0 Å². The fourth-order valence-electron chi connectivity index (χ4n) is 1.87. The van der Waals surface area contributed by atoms with Gasteiger partial charge in [-0.05, 0) is 31.5 Å². The Labute approximate surface area is 111 Å². The molecule has 0 aliphatic rings. The molecule has 100 valence electrons. The standard InChI is InChI=1S/C13H16FN5/c1-3-19(10-6-4-5-9(2)7-10)12-11(14)8-16-13(17-12)18-15/h4-8H,3,15H2,1-2H3,(H,16,17,18). The summed E-state index contributed by atoms with van der Waals surface area (Å²) in [6, 6.07) is 7.79. The Bertz CT molecular complexity index is 573. The molecule has 1 heterocycles. The van der Waals surface area contributed by atoms with Crippen LogP contribution in [0.15, 0.2) is 30.5 Å². The molecule has 0 fully saturated rings. The second-order valence-electron chi connectivity index (χ2n) is 4.09. The number of hydrazine groups is 1. The van der Waals surface area contributed by atoms with Gasteiger partial charge >= 0.3 is 0 Å². The van der Waals surface area contributed by atoms with Crippen molar-refractivity contribution in [3.8, 4) is 0 Å². The molecule has 0 spiro atoms. The molecule has 2 rings (SSSR count). The number of aromatic nitrogens is 2. The number of aryl methyl sites for hydroxylation is 1. The monoisotopic (exact) mass is 261 g/mol. The van der Waals surface area contributed by atoms with Gasteiger partial charge < -0.3 is 4.90 Å². The van der Waals surface area contributed by atoms with Crippen molar-refractivity contribution in [3.63, 3.8) is 0 Å². The molecule has 0 amide bonds. The van der Waals surface area contributed by atoms with Crippen molar-refractivity contribution in [1.29, 1.82) is 0 Å². The molecule has 0 bridgehead atoms. The van der Waals surface area contributed by atoms with E-state index in [0.29, 0.717) is 6.54 Å². The Morgan fingerprint density at radius 3 is 2.84 bits per heavy atom. The third kappa shape index (κ3) is 2.79. The fraction of sp³-hybridized carbons (Fsp3) is 0.231. The van der Waals surface area contributed by atoms with Crippen LogP contribution >= 0.6 is 0 Å². The van der Waals surface area contributed by atoms with Crippen LogP contribution in [0.2, 0.25) is 0 Å². The molecule has 0 aliphatic carbocycles. The highest BCUT2D eigenvalue weighted by molar-refractivity contribution is 5.61. The number of nitrogens with one attached hydrogen (secondary N) is 1. The quantitative estimate of drug-likeness (QED) is 0.653. The van der Waals surface area contributed by atoms with E-state index in [0.717, 1.165) is 17.4 Å². The van der Waals surface area contributed by atoms with E-state index in [1.54, 1.807) is 4.90 Å². The first-order chi connectivity index (χ1) is 9.15. The van der Waals surface area contributed by atoms with Crippen molar-refractivity contribution >= 4 is 17.5 Å². The van der Waals surface area contributed by atoms with Gasteiger partial charge in [0.1, 0.15) is 0 Å². The maximum absolute atomic E-state index is 13.9. The third-order valence-electron chi connectivity index (χ3n) is 2.74. The average molecular weight is 261 g/mol. The van der Waals surface area contributed by atoms with Crippen LogP contribution < -0.4 is 16.2 Å². The summed E-state index contributed by atoms with van der Waals surface area (Å²) in [5.41, 5.74) is 4.30. The highest BCUT2D eigenvalue weighted by atomic mass is 19.1. The van der Waals surface area contributed by atoms with Gasteiger partial charge in [0.05, 0.1) is 6.20 Å². The van der Waals surface area contributed by atoms with Crippen molar-refractivity contribution < 1.29 is 4.39 Å². The molecular weight excluding hydrogens is 245 g/mol. The van der Waals surface area contributed by atoms with Crippen LogP contribution in [0.3, 0.4) is 0 Å². The van der Waals surface area contributed by atoms with Crippen LogP contribution in [0.25, 0.3) is 0 Å². The summed E-state index contributed by atoms with van der Waals surface area (Å²) in [6.45, 7) is 4.50. The van der Waals surface area contributed by atoms with E-state index in [2.05, 4.69) is 15.4 Å². The first-order valence-corrected chi connectivity index (χ1v) is 5.99. The molecule has 0 radical (unpaired) electrons. The van der Waals surface area contributed by atoms with E-state index in [1.165, 1.54) is 0 Å². The van der Waals surface area contributed by atoms with Crippen molar-refractivity contribution in [2.75, 3.05) is 16.9 Å². The number of anilines is 3. The lowest BCUT2D eigenvalue weighted by molar-refractivity contribution is 0.612. The Kier molecular flexibility index (Phi) is 3.91. The van der Waals surface area contributed by atoms with Crippen LogP contribution in [-0.2, 0) is 0 Å². The van der Waals surface area contributed by atoms with Crippen molar-refractivity contribution in [2.45, 2.75) is 13.8 Å². The van der Waals surface area contributed by atoms with Gasteiger partial charge in [-0.3, -0.25) is 5.43 Å². The lowest BCUT2D eigenvalue weighted by Crippen LogP contribution is -2.21. The summed E-state index contributed by atoms with van der Waals surface area (Å²) in [4.78, 5) is 9.58. The molecule has 6 heteroatoms. The molecule has 1 aromatic heterocycles. The van der Waals surface area contributed by atoms with Gasteiger partial charge in [-0.25, -0.2) is 15.2 Å². The summed E-state index contributed by atoms with van der Waals surface area (Å²) in [6.07, 6.45) is 1.11. The number of hydrogen-bond donors (Lipinski definition) is 2. The van der Waals surface area contributed by atoms with Crippen LogP contribution in [0, 0.1) is 12.7 Å². The van der Waals surface area contributed by atoms with Crippen LogP contribution in [0.5, 0.6) is 0 Å². The molecule has 5 nitrogen and oxygen atoms in total. The Morgan fingerprint density at radius 1 is 1.42 bits per heavy atom.